The summed E-state index contributed by atoms with van der Waals surface area (Å²) in [5.41, 5.74) is 1.02. The summed E-state index contributed by atoms with van der Waals surface area (Å²) < 4.78 is 0. The van der Waals surface area contributed by atoms with E-state index in [2.05, 4.69) is 13.8 Å². The van der Waals surface area contributed by atoms with E-state index >= 15 is 0 Å². The number of ketones is 1. The Morgan fingerprint density at radius 2 is 1.75 bits per heavy atom. The SMILES string of the molecule is C[C@]12CCC[C@@H]1[C@@H]1CC[C@H]3C(=O)CCC[C@@]3(C)[C@@H]1CC2. The minimum Gasteiger partial charge on any atom is -0.299 e. The first kappa shape index (κ1) is 13.3. The molecule has 112 valence electrons. The fourth-order valence-electron chi connectivity index (χ4n) is 7.16. The molecule has 0 spiro atoms. The Morgan fingerprint density at radius 1 is 0.900 bits per heavy atom. The van der Waals surface area contributed by atoms with Crippen LogP contribution in [0.2, 0.25) is 0 Å². The van der Waals surface area contributed by atoms with Crippen molar-refractivity contribution in [3.63, 3.8) is 0 Å². The third-order valence-corrected chi connectivity index (χ3v) is 8.18. The Balaban J connectivity index is 1.67. The van der Waals surface area contributed by atoms with Gasteiger partial charge in [0.15, 0.2) is 0 Å². The monoisotopic (exact) mass is 274 g/mol. The molecule has 20 heavy (non-hydrogen) atoms. The third-order valence-electron chi connectivity index (χ3n) is 8.18. The van der Waals surface area contributed by atoms with E-state index in [0.717, 1.165) is 30.6 Å². The van der Waals surface area contributed by atoms with Crippen LogP contribution in [0.1, 0.15) is 78.1 Å². The molecule has 0 amide bonds. The molecule has 0 bridgehead atoms. The molecule has 4 saturated carbocycles. The van der Waals surface area contributed by atoms with Gasteiger partial charge in [-0.25, -0.2) is 0 Å². The molecule has 0 saturated heterocycles. The van der Waals surface area contributed by atoms with Crippen molar-refractivity contribution in [3.05, 3.63) is 0 Å². The minimum absolute atomic E-state index is 0.363. The van der Waals surface area contributed by atoms with Crippen molar-refractivity contribution in [2.75, 3.05) is 0 Å². The highest BCUT2D eigenvalue weighted by Gasteiger charge is 2.58. The van der Waals surface area contributed by atoms with Crippen LogP contribution in [0.3, 0.4) is 0 Å². The maximum atomic E-state index is 12.4. The molecule has 4 fully saturated rings. The highest BCUT2D eigenvalue weighted by molar-refractivity contribution is 5.82. The van der Waals surface area contributed by atoms with Crippen molar-refractivity contribution in [3.8, 4) is 0 Å². The largest absolute Gasteiger partial charge is 0.299 e. The van der Waals surface area contributed by atoms with Crippen molar-refractivity contribution in [1.29, 1.82) is 0 Å². The summed E-state index contributed by atoms with van der Waals surface area (Å²) in [7, 11) is 0. The average Bonchev–Trinajstić information content (AvgIpc) is 2.80. The predicted molar refractivity (Wildman–Crippen MR) is 81.4 cm³/mol. The first-order valence-electron chi connectivity index (χ1n) is 9.07. The Labute approximate surface area is 123 Å². The Hall–Kier alpha value is -0.330. The van der Waals surface area contributed by atoms with Crippen LogP contribution in [0.5, 0.6) is 0 Å². The number of hydrogen-bond acceptors (Lipinski definition) is 1. The molecule has 0 aliphatic heterocycles. The lowest BCUT2D eigenvalue weighted by molar-refractivity contribution is -0.146. The zero-order chi connectivity index (χ0) is 14.0. The van der Waals surface area contributed by atoms with Gasteiger partial charge in [-0.1, -0.05) is 20.3 Å². The van der Waals surface area contributed by atoms with Crippen LogP contribution in [-0.4, -0.2) is 5.78 Å². The van der Waals surface area contributed by atoms with Crippen molar-refractivity contribution < 1.29 is 4.79 Å². The lowest BCUT2D eigenvalue weighted by Crippen LogP contribution is -2.53. The molecule has 0 radical (unpaired) electrons. The van der Waals surface area contributed by atoms with Crippen LogP contribution < -0.4 is 0 Å². The van der Waals surface area contributed by atoms with Gasteiger partial charge < -0.3 is 0 Å². The van der Waals surface area contributed by atoms with Crippen LogP contribution in [0.15, 0.2) is 0 Å². The molecule has 0 aromatic rings. The van der Waals surface area contributed by atoms with E-state index in [9.17, 15) is 4.79 Å². The molecule has 1 heteroatoms. The molecule has 4 rings (SSSR count). The first-order chi connectivity index (χ1) is 9.55. The van der Waals surface area contributed by atoms with E-state index in [1.54, 1.807) is 0 Å². The highest BCUT2D eigenvalue weighted by atomic mass is 16.1. The number of rotatable bonds is 0. The Morgan fingerprint density at radius 3 is 2.60 bits per heavy atom. The van der Waals surface area contributed by atoms with Crippen molar-refractivity contribution in [1.82, 2.24) is 0 Å². The lowest BCUT2D eigenvalue weighted by Gasteiger charge is -2.59. The summed E-state index contributed by atoms with van der Waals surface area (Å²) in [5, 5.41) is 0. The van der Waals surface area contributed by atoms with E-state index in [4.69, 9.17) is 0 Å². The number of hydrogen-bond donors (Lipinski definition) is 0. The third kappa shape index (κ3) is 1.64. The van der Waals surface area contributed by atoms with E-state index in [1.807, 2.05) is 0 Å². The van der Waals surface area contributed by atoms with E-state index < -0.39 is 0 Å². The maximum absolute atomic E-state index is 12.4. The smallest absolute Gasteiger partial charge is 0.136 e. The summed E-state index contributed by atoms with van der Waals surface area (Å²) in [6.07, 6.45) is 13.2. The van der Waals surface area contributed by atoms with Gasteiger partial charge in [-0.05, 0) is 80.0 Å². The second kappa shape index (κ2) is 4.34. The van der Waals surface area contributed by atoms with Crippen molar-refractivity contribution in [2.45, 2.75) is 78.1 Å². The van der Waals surface area contributed by atoms with Gasteiger partial charge in [-0.3, -0.25) is 4.79 Å². The first-order valence-corrected chi connectivity index (χ1v) is 9.07. The average molecular weight is 274 g/mol. The van der Waals surface area contributed by atoms with Crippen molar-refractivity contribution in [2.24, 2.45) is 34.5 Å². The molecule has 6 atom stereocenters. The van der Waals surface area contributed by atoms with Gasteiger partial charge in [0.1, 0.15) is 5.78 Å². The Bertz CT molecular complexity index is 427. The van der Waals surface area contributed by atoms with Gasteiger partial charge in [0, 0.05) is 12.3 Å². The fraction of sp³-hybridized carbons (Fsp3) is 0.947. The molecule has 0 aromatic heterocycles. The second-order valence-corrected chi connectivity index (χ2v) is 8.92. The van der Waals surface area contributed by atoms with Gasteiger partial charge in [0.2, 0.25) is 0 Å². The van der Waals surface area contributed by atoms with Gasteiger partial charge in [-0.15, -0.1) is 0 Å². The number of fused-ring (bicyclic) bond motifs is 5. The summed E-state index contributed by atoms with van der Waals surface area (Å²) in [6.45, 7) is 5.06. The molecule has 4 aliphatic rings. The lowest BCUT2D eigenvalue weighted by atomic mass is 9.45. The zero-order valence-electron chi connectivity index (χ0n) is 13.3. The van der Waals surface area contributed by atoms with E-state index in [-0.39, 0.29) is 0 Å². The maximum Gasteiger partial charge on any atom is 0.136 e. The van der Waals surface area contributed by atoms with Crippen LogP contribution in [-0.2, 0) is 4.79 Å². The fourth-order valence-corrected chi connectivity index (χ4v) is 7.16. The summed E-state index contributed by atoms with van der Waals surface area (Å²) in [4.78, 5) is 12.4. The molecule has 4 aliphatic carbocycles. The van der Waals surface area contributed by atoms with E-state index in [1.165, 1.54) is 51.4 Å². The number of carbonyl (C=O) groups is 1. The van der Waals surface area contributed by atoms with Crippen molar-refractivity contribution >= 4 is 5.78 Å². The summed E-state index contributed by atoms with van der Waals surface area (Å²) >= 11 is 0. The Kier molecular flexibility index (Phi) is 2.89. The van der Waals surface area contributed by atoms with Gasteiger partial charge >= 0.3 is 0 Å². The quantitative estimate of drug-likeness (QED) is 0.608. The normalized spacial score (nSPS) is 55.0. The van der Waals surface area contributed by atoms with Crippen LogP contribution in [0, 0.1) is 34.5 Å². The second-order valence-electron chi connectivity index (χ2n) is 8.92. The molecular formula is C19H30O. The van der Waals surface area contributed by atoms with Gasteiger partial charge in [0.05, 0.1) is 0 Å². The highest BCUT2D eigenvalue weighted by Crippen LogP contribution is 2.65. The predicted octanol–water partition coefficient (Wildman–Crippen LogP) is 4.99. The standard InChI is InChI=1S/C19H30O/c1-18-10-3-5-14(18)13-7-8-16-17(20)6-4-11-19(16,2)15(13)9-12-18/h13-16H,3-12H2,1-2H3/t13-,14+,15+,16-,18+,19-/m0/s1. The molecule has 0 aromatic carbocycles. The molecule has 0 N–H and O–H groups in total. The number of Topliss-reactive ketones (excluding diaryl/α,β-unsaturated/α-hetero) is 1. The van der Waals surface area contributed by atoms with Gasteiger partial charge in [0.25, 0.3) is 0 Å². The summed E-state index contributed by atoms with van der Waals surface area (Å²) in [6, 6.07) is 0. The van der Waals surface area contributed by atoms with Crippen LogP contribution in [0.25, 0.3) is 0 Å². The van der Waals surface area contributed by atoms with Gasteiger partial charge in [-0.2, -0.15) is 0 Å². The topological polar surface area (TPSA) is 17.1 Å². The van der Waals surface area contributed by atoms with E-state index in [0.29, 0.717) is 22.5 Å². The zero-order valence-corrected chi connectivity index (χ0v) is 13.3. The van der Waals surface area contributed by atoms with Crippen LogP contribution in [0.4, 0.5) is 0 Å². The number of carbonyl (C=O) groups excluding carboxylic acids is 1. The summed E-state index contributed by atoms with van der Waals surface area (Å²) in [5.74, 6) is 3.82. The molecular weight excluding hydrogens is 244 g/mol. The molecule has 0 heterocycles. The molecule has 1 nitrogen and oxygen atoms in total. The van der Waals surface area contributed by atoms with Crippen LogP contribution >= 0.6 is 0 Å². The molecule has 0 unspecified atom stereocenters. The minimum atomic E-state index is 0.363.